The third-order valence-corrected chi connectivity index (χ3v) is 6.98. The van der Waals surface area contributed by atoms with Crippen LogP contribution in [0, 0.1) is 11.7 Å². The minimum absolute atomic E-state index is 0.0657. The number of piperidine rings is 1. The summed E-state index contributed by atoms with van der Waals surface area (Å²) in [7, 11) is -3.76. The molecule has 1 fully saturated rings. The van der Waals surface area contributed by atoms with Crippen molar-refractivity contribution in [1.29, 1.82) is 0 Å². The number of carbonyl (C=O) groups excluding carboxylic acids is 1. The van der Waals surface area contributed by atoms with Gasteiger partial charge in [-0.15, -0.1) is 0 Å². The number of halogens is 4. The first kappa shape index (κ1) is 24.1. The molecule has 0 saturated carbocycles. The average Bonchev–Trinajstić information content (AvgIpc) is 2.74. The van der Waals surface area contributed by atoms with E-state index in [0.29, 0.717) is 38.1 Å². The van der Waals surface area contributed by atoms with Gasteiger partial charge < -0.3 is 10.4 Å². The number of alkyl halides is 3. The molecular weight excluding hydrogens is 452 g/mol. The highest BCUT2D eigenvalue weighted by molar-refractivity contribution is 7.91. The lowest BCUT2D eigenvalue weighted by Gasteiger charge is -2.30. The summed E-state index contributed by atoms with van der Waals surface area (Å²) in [6.45, 7) is 1.11. The molecular formula is C21H22F4N2O4S. The predicted octanol–water partition coefficient (Wildman–Crippen LogP) is 3.53. The topological polar surface area (TPSA) is 86.7 Å². The fraction of sp³-hybridized carbons (Fsp3) is 0.381. The molecule has 1 aliphatic heterocycles. The SMILES string of the molecule is O=C(Nc1ccc(F)c(C(F)(F)F)c1)c1cccc(S(=O)(=O)CN2CCC(CO)CC2)c1. The van der Waals surface area contributed by atoms with Crippen molar-refractivity contribution in [1.82, 2.24) is 4.90 Å². The first-order valence-electron chi connectivity index (χ1n) is 9.84. The summed E-state index contributed by atoms with van der Waals surface area (Å²) in [5.74, 6) is -2.38. The number of nitrogens with zero attached hydrogens (tertiary/aromatic N) is 1. The molecule has 3 rings (SSSR count). The molecule has 1 heterocycles. The first-order valence-corrected chi connectivity index (χ1v) is 11.5. The number of rotatable bonds is 6. The summed E-state index contributed by atoms with van der Waals surface area (Å²) in [6, 6.07) is 7.24. The zero-order valence-electron chi connectivity index (χ0n) is 16.9. The van der Waals surface area contributed by atoms with Gasteiger partial charge in [-0.1, -0.05) is 6.07 Å². The van der Waals surface area contributed by atoms with E-state index in [0.717, 1.165) is 12.1 Å². The van der Waals surface area contributed by atoms with E-state index in [-0.39, 0.29) is 34.5 Å². The monoisotopic (exact) mass is 474 g/mol. The molecule has 2 aromatic carbocycles. The standard InChI is InChI=1S/C21H22F4N2O4S/c22-19-5-4-16(11-18(19)21(23,24)25)26-20(29)15-2-1-3-17(10-15)32(30,31)13-27-8-6-14(12-28)7-9-27/h1-5,10-11,14,28H,6-9,12-13H2,(H,26,29). The molecule has 0 aromatic heterocycles. The van der Waals surface area contributed by atoms with Crippen LogP contribution in [0.4, 0.5) is 23.2 Å². The number of sulfone groups is 1. The van der Waals surface area contributed by atoms with E-state index >= 15 is 0 Å². The van der Waals surface area contributed by atoms with Crippen molar-refractivity contribution in [2.45, 2.75) is 23.9 Å². The zero-order chi connectivity index (χ0) is 23.5. The molecule has 0 spiro atoms. The molecule has 1 aliphatic rings. The van der Waals surface area contributed by atoms with Gasteiger partial charge >= 0.3 is 6.18 Å². The van der Waals surface area contributed by atoms with Crippen LogP contribution in [0.1, 0.15) is 28.8 Å². The van der Waals surface area contributed by atoms with Crippen LogP contribution in [0.25, 0.3) is 0 Å². The van der Waals surface area contributed by atoms with Gasteiger partial charge in [0, 0.05) is 17.9 Å². The lowest BCUT2D eigenvalue weighted by Crippen LogP contribution is -2.38. The minimum Gasteiger partial charge on any atom is -0.396 e. The van der Waals surface area contributed by atoms with E-state index in [1.807, 2.05) is 0 Å². The molecule has 2 N–H and O–H groups in total. The Balaban J connectivity index is 1.73. The number of carbonyl (C=O) groups is 1. The molecule has 0 atom stereocenters. The molecule has 11 heteroatoms. The first-order chi connectivity index (χ1) is 15.0. The van der Waals surface area contributed by atoms with Gasteiger partial charge in [-0.25, -0.2) is 12.8 Å². The normalized spacial score (nSPS) is 16.2. The molecule has 0 unspecified atom stereocenters. The fourth-order valence-electron chi connectivity index (χ4n) is 3.47. The Morgan fingerprint density at radius 2 is 1.81 bits per heavy atom. The van der Waals surface area contributed by atoms with Gasteiger partial charge in [0.1, 0.15) is 11.7 Å². The van der Waals surface area contributed by atoms with Gasteiger partial charge in [0.15, 0.2) is 9.84 Å². The third kappa shape index (κ3) is 5.84. The summed E-state index contributed by atoms with van der Waals surface area (Å²) >= 11 is 0. The Morgan fingerprint density at radius 1 is 1.12 bits per heavy atom. The smallest absolute Gasteiger partial charge is 0.396 e. The summed E-state index contributed by atoms with van der Waals surface area (Å²) < 4.78 is 77.6. The predicted molar refractivity (Wildman–Crippen MR) is 109 cm³/mol. The molecule has 32 heavy (non-hydrogen) atoms. The molecule has 0 aliphatic carbocycles. The Bertz CT molecular complexity index is 1080. The summed E-state index contributed by atoms with van der Waals surface area (Å²) in [4.78, 5) is 14.1. The summed E-state index contributed by atoms with van der Waals surface area (Å²) in [5.41, 5.74) is -1.86. The highest BCUT2D eigenvalue weighted by Crippen LogP contribution is 2.33. The third-order valence-electron chi connectivity index (χ3n) is 5.30. The highest BCUT2D eigenvalue weighted by Gasteiger charge is 2.34. The number of aliphatic hydroxyl groups is 1. The van der Waals surface area contributed by atoms with Gasteiger partial charge in [-0.3, -0.25) is 9.69 Å². The Hall–Kier alpha value is -2.50. The van der Waals surface area contributed by atoms with Crippen molar-refractivity contribution in [3.63, 3.8) is 0 Å². The summed E-state index contributed by atoms with van der Waals surface area (Å²) in [5, 5.41) is 11.4. The number of amides is 1. The second-order valence-electron chi connectivity index (χ2n) is 7.66. The minimum atomic E-state index is -4.93. The maximum Gasteiger partial charge on any atom is 0.419 e. The Kier molecular flexibility index (Phi) is 7.21. The second-order valence-corrected chi connectivity index (χ2v) is 9.62. The van der Waals surface area contributed by atoms with Crippen LogP contribution in [0.15, 0.2) is 47.4 Å². The molecule has 6 nitrogen and oxygen atoms in total. The number of nitrogens with one attached hydrogen (secondary N) is 1. The molecule has 2 aromatic rings. The maximum absolute atomic E-state index is 13.4. The number of benzene rings is 2. The van der Waals surface area contributed by atoms with Crippen LogP contribution in [0.3, 0.4) is 0 Å². The molecule has 0 radical (unpaired) electrons. The van der Waals surface area contributed by atoms with E-state index in [2.05, 4.69) is 5.32 Å². The number of hydrogen-bond donors (Lipinski definition) is 2. The lowest BCUT2D eigenvalue weighted by atomic mass is 9.98. The van der Waals surface area contributed by atoms with Crippen LogP contribution >= 0.6 is 0 Å². The van der Waals surface area contributed by atoms with Crippen molar-refractivity contribution < 1.29 is 35.9 Å². The average molecular weight is 474 g/mol. The van der Waals surface area contributed by atoms with Gasteiger partial charge in [0.2, 0.25) is 0 Å². The van der Waals surface area contributed by atoms with Crippen molar-refractivity contribution in [3.05, 3.63) is 59.4 Å². The fourth-order valence-corrected chi connectivity index (χ4v) is 4.95. The molecule has 174 valence electrons. The van der Waals surface area contributed by atoms with Crippen LogP contribution < -0.4 is 5.32 Å². The van der Waals surface area contributed by atoms with Crippen molar-refractivity contribution in [3.8, 4) is 0 Å². The molecule has 1 saturated heterocycles. The maximum atomic E-state index is 13.4. The van der Waals surface area contributed by atoms with Gasteiger partial charge in [-0.2, -0.15) is 13.2 Å². The van der Waals surface area contributed by atoms with Crippen LogP contribution in [0.5, 0.6) is 0 Å². The zero-order valence-corrected chi connectivity index (χ0v) is 17.7. The van der Waals surface area contributed by atoms with E-state index in [9.17, 15) is 35.9 Å². The number of hydrogen-bond acceptors (Lipinski definition) is 5. The van der Waals surface area contributed by atoms with Crippen molar-refractivity contribution in [2.24, 2.45) is 5.92 Å². The van der Waals surface area contributed by atoms with E-state index in [4.69, 9.17) is 0 Å². The lowest BCUT2D eigenvalue weighted by molar-refractivity contribution is -0.139. The van der Waals surface area contributed by atoms with E-state index in [1.54, 1.807) is 4.90 Å². The number of anilines is 1. The van der Waals surface area contributed by atoms with Crippen molar-refractivity contribution in [2.75, 3.05) is 30.9 Å². The van der Waals surface area contributed by atoms with Crippen LogP contribution in [-0.2, 0) is 16.0 Å². The Morgan fingerprint density at radius 3 is 2.44 bits per heavy atom. The van der Waals surface area contributed by atoms with Crippen molar-refractivity contribution >= 4 is 21.4 Å². The van der Waals surface area contributed by atoms with Crippen LogP contribution in [-0.4, -0.2) is 49.9 Å². The van der Waals surface area contributed by atoms with Gasteiger partial charge in [-0.05, 0) is 68.2 Å². The van der Waals surface area contributed by atoms with E-state index in [1.165, 1.54) is 18.2 Å². The largest absolute Gasteiger partial charge is 0.419 e. The highest BCUT2D eigenvalue weighted by atomic mass is 32.2. The van der Waals surface area contributed by atoms with Gasteiger partial charge in [0.05, 0.1) is 10.5 Å². The molecule has 1 amide bonds. The quantitative estimate of drug-likeness (QED) is 0.626. The molecule has 0 bridgehead atoms. The summed E-state index contributed by atoms with van der Waals surface area (Å²) in [6.07, 6.45) is -3.55. The second kappa shape index (κ2) is 9.55. The van der Waals surface area contributed by atoms with E-state index < -0.39 is 33.3 Å². The Labute approximate surface area is 182 Å². The van der Waals surface area contributed by atoms with Gasteiger partial charge in [0.25, 0.3) is 5.91 Å². The number of aliphatic hydroxyl groups excluding tert-OH is 1. The number of likely N-dealkylation sites (tertiary alicyclic amines) is 1. The van der Waals surface area contributed by atoms with Crippen LogP contribution in [0.2, 0.25) is 0 Å².